The van der Waals surface area contributed by atoms with Crippen LogP contribution >= 0.6 is 0 Å². The Morgan fingerprint density at radius 2 is 1.91 bits per heavy atom. The van der Waals surface area contributed by atoms with Crippen molar-refractivity contribution in [1.29, 1.82) is 5.26 Å². The molecule has 1 spiro atoms. The van der Waals surface area contributed by atoms with E-state index in [0.29, 0.717) is 13.1 Å². The van der Waals surface area contributed by atoms with Gasteiger partial charge in [-0.3, -0.25) is 0 Å². The van der Waals surface area contributed by atoms with E-state index >= 15 is 0 Å². The van der Waals surface area contributed by atoms with E-state index in [1.165, 1.54) is 5.56 Å². The fraction of sp³-hybridized carbons (Fsp3) is 0.600. The third-order valence-electron chi connectivity index (χ3n) is 7.32. The van der Waals surface area contributed by atoms with Crippen LogP contribution in [-0.4, -0.2) is 68.5 Å². The van der Waals surface area contributed by atoms with Crippen LogP contribution in [0, 0.1) is 11.3 Å². The van der Waals surface area contributed by atoms with E-state index in [4.69, 9.17) is 14.7 Å². The number of carbonyl (C=O) groups is 1. The molecule has 10 heteroatoms. The van der Waals surface area contributed by atoms with Gasteiger partial charge in [0, 0.05) is 48.8 Å². The lowest BCUT2D eigenvalue weighted by Crippen LogP contribution is -2.59. The molecule has 184 valence electrons. The molecule has 1 amide bonds. The van der Waals surface area contributed by atoms with E-state index in [1.54, 1.807) is 18.6 Å². The molecule has 2 aliphatic heterocycles. The molecule has 2 aromatic heterocycles. The second-order valence-electron chi connectivity index (χ2n) is 11.0. The van der Waals surface area contributed by atoms with Crippen molar-refractivity contribution < 1.29 is 9.53 Å². The van der Waals surface area contributed by atoms with Gasteiger partial charge in [0.2, 0.25) is 0 Å². The van der Waals surface area contributed by atoms with Gasteiger partial charge in [-0.05, 0) is 47.5 Å². The standard InChI is InChI=1S/C25H32N8O2/c1-16-13-32(23(34)35-24(3,4)5)17(2)12-31(16)21-20-22(28-15-27-21)33(14-25(20)7-6-8-25)19-9-18(10-26)30-29-11-19/h9,11,15-17H,6-8,12-14H2,1-5H3/t16-,17+/m0/s1. The Hall–Kier alpha value is -3.48. The van der Waals surface area contributed by atoms with Crippen molar-refractivity contribution >= 4 is 23.4 Å². The Bertz CT molecular complexity index is 1180. The maximum Gasteiger partial charge on any atom is 0.410 e. The lowest BCUT2D eigenvalue weighted by atomic mass is 9.66. The molecular formula is C25H32N8O2. The maximum absolute atomic E-state index is 12.8. The molecule has 3 aliphatic rings. The summed E-state index contributed by atoms with van der Waals surface area (Å²) in [7, 11) is 0. The normalized spacial score (nSPS) is 23.0. The van der Waals surface area contributed by atoms with E-state index in [-0.39, 0.29) is 29.3 Å². The predicted molar refractivity (Wildman–Crippen MR) is 131 cm³/mol. The molecule has 0 bridgehead atoms. The van der Waals surface area contributed by atoms with Crippen molar-refractivity contribution in [3.8, 4) is 6.07 Å². The molecule has 1 aliphatic carbocycles. The Balaban J connectivity index is 1.48. The van der Waals surface area contributed by atoms with E-state index in [9.17, 15) is 10.1 Å². The molecule has 0 aromatic carbocycles. The summed E-state index contributed by atoms with van der Waals surface area (Å²) in [5.74, 6) is 1.82. The topological polar surface area (TPSA) is 111 Å². The third kappa shape index (κ3) is 4.03. The summed E-state index contributed by atoms with van der Waals surface area (Å²) in [6.45, 7) is 11.9. The van der Waals surface area contributed by atoms with Crippen molar-refractivity contribution in [3.05, 3.63) is 29.8 Å². The van der Waals surface area contributed by atoms with Gasteiger partial charge in [-0.1, -0.05) is 6.42 Å². The Morgan fingerprint density at radius 3 is 2.57 bits per heavy atom. The van der Waals surface area contributed by atoms with E-state index in [0.717, 1.165) is 43.1 Å². The Morgan fingerprint density at radius 1 is 1.17 bits per heavy atom. The number of hydrogen-bond acceptors (Lipinski definition) is 9. The van der Waals surface area contributed by atoms with Crippen LogP contribution < -0.4 is 9.80 Å². The van der Waals surface area contributed by atoms with Gasteiger partial charge in [0.05, 0.1) is 11.9 Å². The lowest BCUT2D eigenvalue weighted by molar-refractivity contribution is 0.0129. The molecule has 5 rings (SSSR count). The fourth-order valence-electron chi connectivity index (χ4n) is 5.50. The summed E-state index contributed by atoms with van der Waals surface area (Å²) in [6, 6.07) is 3.89. The number of piperazine rings is 1. The first kappa shape index (κ1) is 23.3. The van der Waals surface area contributed by atoms with Crippen molar-refractivity contribution in [2.45, 2.75) is 77.0 Å². The minimum absolute atomic E-state index is 0.0206. The smallest absolute Gasteiger partial charge is 0.410 e. The summed E-state index contributed by atoms with van der Waals surface area (Å²) in [5.41, 5.74) is 1.73. The highest BCUT2D eigenvalue weighted by Crippen LogP contribution is 2.56. The molecule has 10 nitrogen and oxygen atoms in total. The average molecular weight is 477 g/mol. The first-order chi connectivity index (χ1) is 16.6. The first-order valence-electron chi connectivity index (χ1n) is 12.2. The summed E-state index contributed by atoms with van der Waals surface area (Å²) in [4.78, 5) is 28.6. The number of anilines is 3. The zero-order chi connectivity index (χ0) is 25.0. The quantitative estimate of drug-likeness (QED) is 0.642. The summed E-state index contributed by atoms with van der Waals surface area (Å²) in [6.07, 6.45) is 6.34. The van der Waals surface area contributed by atoms with Crippen LogP contribution in [0.5, 0.6) is 0 Å². The molecule has 0 N–H and O–H groups in total. The third-order valence-corrected chi connectivity index (χ3v) is 7.32. The van der Waals surface area contributed by atoms with Crippen LogP contribution in [0.3, 0.4) is 0 Å². The van der Waals surface area contributed by atoms with Gasteiger partial charge in [0.15, 0.2) is 5.69 Å². The van der Waals surface area contributed by atoms with Crippen LogP contribution in [-0.2, 0) is 10.2 Å². The van der Waals surface area contributed by atoms with Crippen molar-refractivity contribution in [1.82, 2.24) is 25.1 Å². The number of nitriles is 1. The van der Waals surface area contributed by atoms with Crippen molar-refractivity contribution in [2.24, 2.45) is 0 Å². The second-order valence-corrected chi connectivity index (χ2v) is 11.0. The molecule has 35 heavy (non-hydrogen) atoms. The SMILES string of the molecule is C[C@@H]1CN(c2ncnc3c2C2(CCC2)CN3c2cnnc(C#N)c2)[C@@H](C)CN1C(=O)OC(C)(C)C. The molecule has 1 saturated carbocycles. The van der Waals surface area contributed by atoms with Crippen LogP contribution in [0.4, 0.5) is 22.1 Å². The molecule has 4 heterocycles. The highest BCUT2D eigenvalue weighted by atomic mass is 16.6. The zero-order valence-corrected chi connectivity index (χ0v) is 21.0. The van der Waals surface area contributed by atoms with E-state index < -0.39 is 5.60 Å². The molecule has 1 saturated heterocycles. The zero-order valence-electron chi connectivity index (χ0n) is 21.0. The number of carbonyl (C=O) groups excluding carboxylic acids is 1. The summed E-state index contributed by atoms with van der Waals surface area (Å²) < 4.78 is 5.65. The molecule has 0 unspecified atom stereocenters. The number of ether oxygens (including phenoxy) is 1. The largest absolute Gasteiger partial charge is 0.444 e. The molecule has 2 fully saturated rings. The number of hydrogen-bond donors (Lipinski definition) is 0. The van der Waals surface area contributed by atoms with Gasteiger partial charge >= 0.3 is 6.09 Å². The number of amides is 1. The Kier molecular flexibility index (Phi) is 5.54. The summed E-state index contributed by atoms with van der Waals surface area (Å²) >= 11 is 0. The number of nitrogens with zero attached hydrogens (tertiary/aromatic N) is 8. The van der Waals surface area contributed by atoms with Crippen LogP contribution in [0.25, 0.3) is 0 Å². The highest BCUT2D eigenvalue weighted by Gasteiger charge is 2.51. The molecule has 2 atom stereocenters. The Labute approximate surface area is 205 Å². The van der Waals surface area contributed by atoms with E-state index in [2.05, 4.69) is 39.9 Å². The summed E-state index contributed by atoms with van der Waals surface area (Å²) in [5, 5.41) is 17.2. The average Bonchev–Trinajstić information content (AvgIpc) is 3.16. The molecular weight excluding hydrogens is 444 g/mol. The minimum Gasteiger partial charge on any atom is -0.444 e. The van der Waals surface area contributed by atoms with Crippen molar-refractivity contribution in [2.75, 3.05) is 29.4 Å². The number of fused-ring (bicyclic) bond motifs is 2. The molecule has 0 radical (unpaired) electrons. The van der Waals surface area contributed by atoms with Gasteiger partial charge < -0.3 is 19.4 Å². The number of rotatable bonds is 2. The van der Waals surface area contributed by atoms with Gasteiger partial charge in [-0.25, -0.2) is 14.8 Å². The van der Waals surface area contributed by atoms with E-state index in [1.807, 2.05) is 25.7 Å². The van der Waals surface area contributed by atoms with Gasteiger partial charge in [0.1, 0.15) is 29.6 Å². The lowest BCUT2D eigenvalue weighted by Gasteiger charge is -2.46. The van der Waals surface area contributed by atoms with Gasteiger partial charge in [0.25, 0.3) is 0 Å². The van der Waals surface area contributed by atoms with Gasteiger partial charge in [-0.2, -0.15) is 10.4 Å². The maximum atomic E-state index is 12.8. The van der Waals surface area contributed by atoms with Crippen LogP contribution in [0.2, 0.25) is 0 Å². The van der Waals surface area contributed by atoms with Crippen LogP contribution in [0.1, 0.15) is 65.1 Å². The number of aromatic nitrogens is 4. The second kappa shape index (κ2) is 8.33. The minimum atomic E-state index is -0.530. The first-order valence-corrected chi connectivity index (χ1v) is 12.2. The van der Waals surface area contributed by atoms with Gasteiger partial charge in [-0.15, -0.1) is 5.10 Å². The highest BCUT2D eigenvalue weighted by molar-refractivity contribution is 5.76. The van der Waals surface area contributed by atoms with Crippen LogP contribution in [0.15, 0.2) is 18.6 Å². The molecule has 2 aromatic rings. The van der Waals surface area contributed by atoms with Crippen molar-refractivity contribution in [3.63, 3.8) is 0 Å². The predicted octanol–water partition coefficient (Wildman–Crippen LogP) is 3.55. The monoisotopic (exact) mass is 476 g/mol. The fourth-order valence-corrected chi connectivity index (χ4v) is 5.50.